The van der Waals surface area contributed by atoms with Crippen LogP contribution in [0.15, 0.2) is 47.3 Å². The Morgan fingerprint density at radius 2 is 1.81 bits per heavy atom. The Morgan fingerprint density at radius 3 is 2.53 bits per heavy atom. The van der Waals surface area contributed by atoms with Crippen LogP contribution in [0.3, 0.4) is 0 Å². The third-order valence-electron chi connectivity index (χ3n) is 7.52. The quantitative estimate of drug-likeness (QED) is 0.464. The average Bonchev–Trinajstić information content (AvgIpc) is 2.83. The van der Waals surface area contributed by atoms with E-state index in [-0.39, 0.29) is 29.5 Å². The lowest BCUT2D eigenvalue weighted by Crippen LogP contribution is -2.51. The van der Waals surface area contributed by atoms with Gasteiger partial charge < -0.3 is 15.6 Å². The molecule has 0 unspecified atom stereocenters. The summed E-state index contributed by atoms with van der Waals surface area (Å²) in [6, 6.07) is 13.4. The minimum absolute atomic E-state index is 0.0716. The molecule has 1 aromatic heterocycles. The third kappa shape index (κ3) is 4.58. The standard InChI is InChI=1S/C29H30ClN3O3/c1-17-12-18(2)32-28(36)23(17)16-31-27(35)20-6-8-22(25(30)14-20)19-7-9-24-21(13-19)15-26(34)33-29(24)10-4-3-5-11-29/h6-9,12-14H,3-5,10-11,15-16H2,1-2H3,(H,31,35)(H,32,36)(H,33,34). The summed E-state index contributed by atoms with van der Waals surface area (Å²) in [7, 11) is 0. The number of carbonyl (C=O) groups excluding carboxylic acids is 2. The lowest BCUT2D eigenvalue weighted by atomic mass is 9.72. The predicted octanol–water partition coefficient (Wildman–Crippen LogP) is 5.07. The van der Waals surface area contributed by atoms with E-state index in [9.17, 15) is 14.4 Å². The molecule has 5 rings (SSSR count). The maximum Gasteiger partial charge on any atom is 0.253 e. The number of hydrogen-bond acceptors (Lipinski definition) is 3. The molecule has 2 aliphatic rings. The number of rotatable bonds is 4. The summed E-state index contributed by atoms with van der Waals surface area (Å²) in [6.45, 7) is 3.81. The van der Waals surface area contributed by atoms with Crippen molar-refractivity contribution in [3.63, 3.8) is 0 Å². The summed E-state index contributed by atoms with van der Waals surface area (Å²) < 4.78 is 0. The molecule has 6 nitrogen and oxygen atoms in total. The van der Waals surface area contributed by atoms with Gasteiger partial charge in [0.1, 0.15) is 0 Å². The molecule has 2 aromatic carbocycles. The molecule has 3 aromatic rings. The molecule has 0 saturated heterocycles. The smallest absolute Gasteiger partial charge is 0.253 e. The molecule has 0 atom stereocenters. The molecule has 0 radical (unpaired) electrons. The molecule has 186 valence electrons. The Morgan fingerprint density at radius 1 is 1.03 bits per heavy atom. The van der Waals surface area contributed by atoms with Crippen molar-refractivity contribution in [3.8, 4) is 11.1 Å². The molecule has 1 spiro atoms. The van der Waals surface area contributed by atoms with Crippen molar-refractivity contribution < 1.29 is 9.59 Å². The van der Waals surface area contributed by atoms with Gasteiger partial charge in [0.05, 0.1) is 12.0 Å². The second kappa shape index (κ2) is 9.58. The van der Waals surface area contributed by atoms with Crippen LogP contribution < -0.4 is 16.2 Å². The first-order valence-corrected chi connectivity index (χ1v) is 12.9. The number of H-pyrrole nitrogens is 1. The lowest BCUT2D eigenvalue weighted by molar-refractivity contribution is -0.123. The summed E-state index contributed by atoms with van der Waals surface area (Å²) >= 11 is 6.63. The number of fused-ring (bicyclic) bond motifs is 2. The largest absolute Gasteiger partial charge is 0.348 e. The lowest BCUT2D eigenvalue weighted by Gasteiger charge is -2.42. The summed E-state index contributed by atoms with van der Waals surface area (Å²) in [5, 5.41) is 6.56. The van der Waals surface area contributed by atoms with Gasteiger partial charge in [-0.05, 0) is 67.1 Å². The summed E-state index contributed by atoms with van der Waals surface area (Å²) in [4.78, 5) is 40.3. The molecular formula is C29H30ClN3O3. The third-order valence-corrected chi connectivity index (χ3v) is 7.83. The molecule has 1 aliphatic carbocycles. The second-order valence-electron chi connectivity index (χ2n) is 10.1. The van der Waals surface area contributed by atoms with E-state index in [1.54, 1.807) is 12.1 Å². The van der Waals surface area contributed by atoms with Crippen LogP contribution in [0.2, 0.25) is 5.02 Å². The number of pyridine rings is 1. The monoisotopic (exact) mass is 503 g/mol. The molecule has 1 saturated carbocycles. The number of hydrogen-bond donors (Lipinski definition) is 3. The van der Waals surface area contributed by atoms with Crippen LogP contribution in [0, 0.1) is 13.8 Å². The van der Waals surface area contributed by atoms with Crippen molar-refractivity contribution in [2.75, 3.05) is 0 Å². The second-order valence-corrected chi connectivity index (χ2v) is 10.5. The van der Waals surface area contributed by atoms with E-state index in [4.69, 9.17) is 11.6 Å². The Balaban J connectivity index is 1.37. The zero-order valence-electron chi connectivity index (χ0n) is 20.6. The fraction of sp³-hybridized carbons (Fsp3) is 0.345. The molecule has 2 amide bonds. The van der Waals surface area contributed by atoms with Gasteiger partial charge in [-0.1, -0.05) is 55.1 Å². The van der Waals surface area contributed by atoms with Crippen LogP contribution in [-0.2, 0) is 23.3 Å². The summed E-state index contributed by atoms with van der Waals surface area (Å²) in [5.74, 6) is -0.230. The number of benzene rings is 2. The number of aryl methyl sites for hydroxylation is 2. The average molecular weight is 504 g/mol. The van der Waals surface area contributed by atoms with Crippen LogP contribution in [-0.4, -0.2) is 16.8 Å². The van der Waals surface area contributed by atoms with Crippen LogP contribution in [0.5, 0.6) is 0 Å². The molecule has 36 heavy (non-hydrogen) atoms. The number of aromatic amines is 1. The molecule has 2 heterocycles. The Kier molecular flexibility index (Phi) is 6.47. The zero-order valence-corrected chi connectivity index (χ0v) is 21.3. The number of aromatic nitrogens is 1. The number of amides is 2. The van der Waals surface area contributed by atoms with Crippen LogP contribution in [0.1, 0.15) is 70.4 Å². The van der Waals surface area contributed by atoms with Crippen molar-refractivity contribution >= 4 is 23.4 Å². The van der Waals surface area contributed by atoms with Crippen molar-refractivity contribution in [1.29, 1.82) is 0 Å². The van der Waals surface area contributed by atoms with Gasteiger partial charge in [0, 0.05) is 34.0 Å². The normalized spacial score (nSPS) is 16.4. The molecule has 3 N–H and O–H groups in total. The van der Waals surface area contributed by atoms with Gasteiger partial charge in [0.2, 0.25) is 5.91 Å². The van der Waals surface area contributed by atoms with Gasteiger partial charge in [-0.15, -0.1) is 0 Å². The van der Waals surface area contributed by atoms with E-state index in [0.29, 0.717) is 22.6 Å². The first-order valence-electron chi connectivity index (χ1n) is 12.5. The zero-order chi connectivity index (χ0) is 25.4. The molecule has 0 bridgehead atoms. The van der Waals surface area contributed by atoms with Gasteiger partial charge in [-0.25, -0.2) is 0 Å². The maximum atomic E-state index is 12.8. The Labute approximate surface area is 215 Å². The predicted molar refractivity (Wildman–Crippen MR) is 141 cm³/mol. The highest BCUT2D eigenvalue weighted by Crippen LogP contribution is 2.42. The van der Waals surface area contributed by atoms with E-state index >= 15 is 0 Å². The van der Waals surface area contributed by atoms with E-state index in [1.165, 1.54) is 12.0 Å². The molecule has 1 fully saturated rings. The SMILES string of the molecule is Cc1cc(C)c(CNC(=O)c2ccc(-c3ccc4c(c3)CC(=O)NC43CCCCC3)c(Cl)c2)c(=O)[nH]1. The van der Waals surface area contributed by atoms with Crippen molar-refractivity contribution in [2.45, 2.75) is 64.5 Å². The van der Waals surface area contributed by atoms with Gasteiger partial charge >= 0.3 is 0 Å². The van der Waals surface area contributed by atoms with Gasteiger partial charge in [-0.2, -0.15) is 0 Å². The first-order chi connectivity index (χ1) is 17.3. The maximum absolute atomic E-state index is 12.8. The van der Waals surface area contributed by atoms with Gasteiger partial charge in [-0.3, -0.25) is 14.4 Å². The summed E-state index contributed by atoms with van der Waals surface area (Å²) in [5.41, 5.74) is 6.14. The molecule has 1 aliphatic heterocycles. The Hall–Kier alpha value is -3.38. The Bertz CT molecular complexity index is 1420. The van der Waals surface area contributed by atoms with Crippen molar-refractivity contribution in [1.82, 2.24) is 15.6 Å². The van der Waals surface area contributed by atoms with Crippen LogP contribution in [0.25, 0.3) is 11.1 Å². The van der Waals surface area contributed by atoms with Crippen LogP contribution >= 0.6 is 11.6 Å². The van der Waals surface area contributed by atoms with Gasteiger partial charge in [0.25, 0.3) is 11.5 Å². The minimum atomic E-state index is -0.302. The fourth-order valence-electron chi connectivity index (χ4n) is 5.74. The van der Waals surface area contributed by atoms with Gasteiger partial charge in [0.15, 0.2) is 0 Å². The fourth-order valence-corrected chi connectivity index (χ4v) is 6.03. The molecular weight excluding hydrogens is 474 g/mol. The highest BCUT2D eigenvalue weighted by atomic mass is 35.5. The van der Waals surface area contributed by atoms with E-state index < -0.39 is 0 Å². The van der Waals surface area contributed by atoms with Crippen molar-refractivity contribution in [2.24, 2.45) is 0 Å². The highest BCUT2D eigenvalue weighted by molar-refractivity contribution is 6.33. The first kappa shape index (κ1) is 24.3. The molecule has 7 heteroatoms. The van der Waals surface area contributed by atoms with E-state index in [0.717, 1.165) is 53.6 Å². The van der Waals surface area contributed by atoms with Crippen molar-refractivity contribution in [3.05, 3.63) is 91.4 Å². The minimum Gasteiger partial charge on any atom is -0.348 e. The number of carbonyl (C=O) groups is 2. The van der Waals surface area contributed by atoms with Crippen LogP contribution in [0.4, 0.5) is 0 Å². The highest BCUT2D eigenvalue weighted by Gasteiger charge is 2.40. The summed E-state index contributed by atoms with van der Waals surface area (Å²) in [6.07, 6.45) is 5.76. The topological polar surface area (TPSA) is 91.1 Å². The number of halogens is 1. The van der Waals surface area contributed by atoms with E-state index in [1.807, 2.05) is 26.0 Å². The van der Waals surface area contributed by atoms with E-state index in [2.05, 4.69) is 33.8 Å². The number of nitrogens with one attached hydrogen (secondary N) is 3.